The van der Waals surface area contributed by atoms with Gasteiger partial charge in [-0.15, -0.1) is 0 Å². The highest BCUT2D eigenvalue weighted by Crippen LogP contribution is 1.96. The third-order valence-electron chi connectivity index (χ3n) is 1.59. The van der Waals surface area contributed by atoms with Crippen molar-refractivity contribution < 1.29 is 14.4 Å². The number of hydroxylamine groups is 1. The predicted octanol–water partition coefficient (Wildman–Crippen LogP) is -1.25. The van der Waals surface area contributed by atoms with Gasteiger partial charge in [0, 0.05) is 7.11 Å². The summed E-state index contributed by atoms with van der Waals surface area (Å²) in [7, 11) is 1.60. The molecule has 14 heavy (non-hydrogen) atoms. The Morgan fingerprint density at radius 3 is 2.79 bits per heavy atom. The van der Waals surface area contributed by atoms with Crippen molar-refractivity contribution in [2.75, 3.05) is 26.9 Å². The number of carbonyl (C=O) groups is 1. The molecule has 0 saturated heterocycles. The van der Waals surface area contributed by atoms with E-state index in [0.717, 1.165) is 12.8 Å². The minimum absolute atomic E-state index is 0.0444. The summed E-state index contributed by atoms with van der Waals surface area (Å²) in [5, 5.41) is 0. The molecule has 0 saturated carbocycles. The average Bonchev–Trinajstić information content (AvgIpc) is 2.13. The van der Waals surface area contributed by atoms with Crippen LogP contribution >= 0.6 is 0 Å². The molecule has 1 amide bonds. The molecular formula is C8H19N3O3. The Balaban J connectivity index is 3.55. The van der Waals surface area contributed by atoms with Gasteiger partial charge in [0.15, 0.2) is 0 Å². The molecule has 6 heteroatoms. The number of methoxy groups -OCH3 is 1. The molecule has 1 atom stereocenters. The van der Waals surface area contributed by atoms with Crippen LogP contribution < -0.4 is 16.9 Å². The van der Waals surface area contributed by atoms with Gasteiger partial charge in [0.25, 0.3) is 0 Å². The molecule has 0 aliphatic rings. The minimum Gasteiger partial charge on any atom is -0.383 e. The van der Waals surface area contributed by atoms with Crippen molar-refractivity contribution >= 4 is 5.91 Å². The summed E-state index contributed by atoms with van der Waals surface area (Å²) in [5.41, 5.74) is 13.0. The second kappa shape index (κ2) is 8.89. The fourth-order valence-corrected chi connectivity index (χ4v) is 0.972. The van der Waals surface area contributed by atoms with E-state index in [1.165, 1.54) is 0 Å². The van der Waals surface area contributed by atoms with Crippen LogP contribution in [-0.4, -0.2) is 38.8 Å². The van der Waals surface area contributed by atoms with Crippen molar-refractivity contribution in [1.82, 2.24) is 5.48 Å². The van der Waals surface area contributed by atoms with Crippen LogP contribution in [0.15, 0.2) is 0 Å². The molecule has 0 aromatic rings. The van der Waals surface area contributed by atoms with E-state index in [1.54, 1.807) is 7.11 Å². The number of nitrogens with one attached hydrogen (secondary N) is 1. The highest BCUT2D eigenvalue weighted by atomic mass is 16.6. The fourth-order valence-electron chi connectivity index (χ4n) is 0.972. The van der Waals surface area contributed by atoms with E-state index in [1.807, 2.05) is 0 Å². The van der Waals surface area contributed by atoms with Crippen LogP contribution in [0.25, 0.3) is 0 Å². The lowest BCUT2D eigenvalue weighted by Crippen LogP contribution is -2.36. The van der Waals surface area contributed by atoms with Crippen LogP contribution in [0.4, 0.5) is 0 Å². The zero-order valence-electron chi connectivity index (χ0n) is 8.49. The van der Waals surface area contributed by atoms with E-state index >= 15 is 0 Å². The summed E-state index contributed by atoms with van der Waals surface area (Å²) >= 11 is 0. The van der Waals surface area contributed by atoms with Gasteiger partial charge in [0.1, 0.15) is 6.61 Å². The zero-order valence-corrected chi connectivity index (χ0v) is 8.49. The van der Waals surface area contributed by atoms with Crippen molar-refractivity contribution in [3.63, 3.8) is 0 Å². The molecule has 0 aromatic carbocycles. The first-order chi connectivity index (χ1) is 6.70. The van der Waals surface area contributed by atoms with Crippen LogP contribution in [-0.2, 0) is 14.4 Å². The van der Waals surface area contributed by atoms with Gasteiger partial charge in [-0.1, -0.05) is 0 Å². The molecule has 0 fully saturated rings. The summed E-state index contributed by atoms with van der Waals surface area (Å²) in [6, 6.07) is 0.0444. The van der Waals surface area contributed by atoms with Crippen LogP contribution in [0, 0.1) is 0 Å². The molecule has 0 heterocycles. The Bertz CT molecular complexity index is 155. The first kappa shape index (κ1) is 13.3. The number of ether oxygens (including phenoxy) is 1. The van der Waals surface area contributed by atoms with Gasteiger partial charge in [-0.05, 0) is 19.4 Å². The second-order valence-electron chi connectivity index (χ2n) is 2.96. The molecule has 6 nitrogen and oxygen atoms in total. The highest BCUT2D eigenvalue weighted by molar-refractivity contribution is 5.74. The van der Waals surface area contributed by atoms with Crippen LogP contribution in [0.1, 0.15) is 12.8 Å². The Morgan fingerprint density at radius 1 is 1.57 bits per heavy atom. The second-order valence-corrected chi connectivity index (χ2v) is 2.96. The number of nitrogens with two attached hydrogens (primary N) is 2. The Labute approximate surface area is 83.9 Å². The van der Waals surface area contributed by atoms with Crippen LogP contribution in [0.3, 0.4) is 0 Å². The van der Waals surface area contributed by atoms with Gasteiger partial charge in [0.05, 0.1) is 12.6 Å². The lowest BCUT2D eigenvalue weighted by molar-refractivity contribution is -0.126. The predicted molar refractivity (Wildman–Crippen MR) is 52.2 cm³/mol. The van der Waals surface area contributed by atoms with Crippen molar-refractivity contribution in [2.45, 2.75) is 18.9 Å². The molecule has 0 spiro atoms. The minimum atomic E-state index is -0.507. The maximum absolute atomic E-state index is 10.4. The fraction of sp³-hybridized carbons (Fsp3) is 0.875. The first-order valence-electron chi connectivity index (χ1n) is 4.55. The van der Waals surface area contributed by atoms with Gasteiger partial charge in [-0.25, -0.2) is 0 Å². The summed E-state index contributed by atoms with van der Waals surface area (Å²) in [4.78, 5) is 15.2. The number of carbonyl (C=O) groups excluding carboxylic acids is 1. The third-order valence-corrected chi connectivity index (χ3v) is 1.59. The number of hydrogen-bond acceptors (Lipinski definition) is 5. The molecule has 84 valence electrons. The number of hydrogen-bond donors (Lipinski definition) is 3. The molecule has 0 radical (unpaired) electrons. The molecule has 0 aliphatic heterocycles. The number of primary amides is 1. The van der Waals surface area contributed by atoms with Crippen LogP contribution in [0.2, 0.25) is 0 Å². The van der Waals surface area contributed by atoms with Gasteiger partial charge in [0.2, 0.25) is 5.91 Å². The van der Waals surface area contributed by atoms with Crippen molar-refractivity contribution in [3.05, 3.63) is 0 Å². The molecule has 0 aliphatic carbocycles. The van der Waals surface area contributed by atoms with E-state index in [4.69, 9.17) is 21.0 Å². The smallest absolute Gasteiger partial charge is 0.245 e. The quantitative estimate of drug-likeness (QED) is 0.408. The summed E-state index contributed by atoms with van der Waals surface area (Å²) in [6.07, 6.45) is 1.71. The summed E-state index contributed by atoms with van der Waals surface area (Å²) in [5.74, 6) is -0.507. The SMILES string of the molecule is COCC(CCCN)NOCC(N)=O. The Hall–Kier alpha value is -0.690. The van der Waals surface area contributed by atoms with E-state index < -0.39 is 5.91 Å². The Kier molecular flexibility index (Phi) is 8.45. The van der Waals surface area contributed by atoms with E-state index in [2.05, 4.69) is 5.48 Å². The maximum atomic E-state index is 10.4. The van der Waals surface area contributed by atoms with Crippen molar-refractivity contribution in [1.29, 1.82) is 0 Å². The van der Waals surface area contributed by atoms with Gasteiger partial charge in [-0.2, -0.15) is 5.48 Å². The highest BCUT2D eigenvalue weighted by Gasteiger charge is 2.07. The van der Waals surface area contributed by atoms with Crippen molar-refractivity contribution in [2.24, 2.45) is 11.5 Å². The maximum Gasteiger partial charge on any atom is 0.245 e. The standard InChI is InChI=1S/C8H19N3O3/c1-13-5-7(3-2-4-9)11-14-6-8(10)12/h7,11H,2-6,9H2,1H3,(H2,10,12). The van der Waals surface area contributed by atoms with E-state index in [9.17, 15) is 4.79 Å². The van der Waals surface area contributed by atoms with E-state index in [0.29, 0.717) is 13.2 Å². The van der Waals surface area contributed by atoms with Gasteiger partial charge >= 0.3 is 0 Å². The lowest BCUT2D eigenvalue weighted by Gasteiger charge is -2.16. The van der Waals surface area contributed by atoms with Crippen molar-refractivity contribution in [3.8, 4) is 0 Å². The molecule has 0 bridgehead atoms. The molecular weight excluding hydrogens is 186 g/mol. The first-order valence-corrected chi connectivity index (χ1v) is 4.55. The Morgan fingerprint density at radius 2 is 2.29 bits per heavy atom. The largest absolute Gasteiger partial charge is 0.383 e. The van der Waals surface area contributed by atoms with Gasteiger partial charge in [-0.3, -0.25) is 9.63 Å². The topological polar surface area (TPSA) is 99.6 Å². The molecule has 0 rings (SSSR count). The third kappa shape index (κ3) is 7.93. The summed E-state index contributed by atoms with van der Waals surface area (Å²) < 4.78 is 4.96. The van der Waals surface area contributed by atoms with E-state index in [-0.39, 0.29) is 12.6 Å². The number of rotatable bonds is 9. The molecule has 1 unspecified atom stereocenters. The lowest BCUT2D eigenvalue weighted by atomic mass is 10.2. The number of amides is 1. The van der Waals surface area contributed by atoms with Gasteiger partial charge < -0.3 is 16.2 Å². The zero-order chi connectivity index (χ0) is 10.8. The summed E-state index contributed by atoms with van der Waals surface area (Å²) in [6.45, 7) is 0.999. The normalized spacial score (nSPS) is 12.7. The molecule has 5 N–H and O–H groups in total. The average molecular weight is 205 g/mol. The molecule has 0 aromatic heterocycles. The van der Waals surface area contributed by atoms with Crippen LogP contribution in [0.5, 0.6) is 0 Å². The monoisotopic (exact) mass is 205 g/mol.